The van der Waals surface area contributed by atoms with Crippen molar-refractivity contribution < 1.29 is 14.6 Å². The summed E-state index contributed by atoms with van der Waals surface area (Å²) in [6.45, 7) is 4.41. The molecule has 10 nitrogen and oxygen atoms in total. The minimum absolute atomic E-state index is 0.324. The number of hydrogen-bond acceptors (Lipinski definition) is 8. The van der Waals surface area contributed by atoms with E-state index in [0.717, 1.165) is 27.4 Å². The number of pyridine rings is 1. The Balaban J connectivity index is 1.54. The molecule has 0 bridgehead atoms. The van der Waals surface area contributed by atoms with Gasteiger partial charge in [0.2, 0.25) is 0 Å². The first kappa shape index (κ1) is 23.1. The van der Waals surface area contributed by atoms with E-state index in [9.17, 15) is 9.90 Å². The molecule has 0 spiro atoms. The van der Waals surface area contributed by atoms with Gasteiger partial charge in [0.05, 0.1) is 29.6 Å². The van der Waals surface area contributed by atoms with E-state index in [1.807, 2.05) is 42.2 Å². The van der Waals surface area contributed by atoms with E-state index < -0.39 is 5.97 Å². The lowest BCUT2D eigenvalue weighted by Gasteiger charge is -2.31. The summed E-state index contributed by atoms with van der Waals surface area (Å²) >= 11 is 6.30. The zero-order chi connectivity index (χ0) is 24.5. The topological polar surface area (TPSA) is 118 Å². The summed E-state index contributed by atoms with van der Waals surface area (Å²) in [5.41, 5.74) is 1.75. The Hall–Kier alpha value is -3.66. The molecule has 0 aliphatic carbocycles. The first-order valence-corrected chi connectivity index (χ1v) is 11.9. The number of rotatable bonds is 7. The average Bonchev–Trinajstić information content (AvgIpc) is 3.30. The maximum absolute atomic E-state index is 11.4. The standard InChI is InChI=1S/C24H26ClN7O3/c1-3-32-22-17(13-28-32)20-16(12-27-22)23(31-8-6-15(7-9-31)24(33)34)30-29-21(20)26-11-14-4-5-19(35-2)18(25)10-14/h4-5,10,12-13,15H,3,6-9,11H2,1-2H3,(H,26,29)(H,33,34). The van der Waals surface area contributed by atoms with Crippen LogP contribution >= 0.6 is 11.6 Å². The van der Waals surface area contributed by atoms with Crippen LogP contribution in [0, 0.1) is 5.92 Å². The van der Waals surface area contributed by atoms with E-state index in [2.05, 4.69) is 30.5 Å². The fourth-order valence-corrected chi connectivity index (χ4v) is 4.87. The molecule has 0 atom stereocenters. The van der Waals surface area contributed by atoms with Crippen molar-refractivity contribution in [2.24, 2.45) is 5.92 Å². The first-order valence-electron chi connectivity index (χ1n) is 11.5. The number of carbonyl (C=O) groups is 1. The number of anilines is 2. The van der Waals surface area contributed by atoms with Crippen molar-refractivity contribution in [1.29, 1.82) is 0 Å². The summed E-state index contributed by atoms with van der Waals surface area (Å²) in [5.74, 6) is 0.889. The van der Waals surface area contributed by atoms with Crippen molar-refractivity contribution in [3.63, 3.8) is 0 Å². The maximum Gasteiger partial charge on any atom is 0.306 e. The highest BCUT2D eigenvalue weighted by Crippen LogP contribution is 2.35. The number of aromatic nitrogens is 5. The van der Waals surface area contributed by atoms with Crippen LogP contribution in [0.4, 0.5) is 11.6 Å². The molecule has 1 fully saturated rings. The third-order valence-corrected chi connectivity index (χ3v) is 6.80. The Kier molecular flexibility index (Phi) is 6.29. The van der Waals surface area contributed by atoms with E-state index in [4.69, 9.17) is 16.3 Å². The van der Waals surface area contributed by atoms with Gasteiger partial charge >= 0.3 is 5.97 Å². The molecular formula is C24H26ClN7O3. The molecule has 1 aliphatic heterocycles. The van der Waals surface area contributed by atoms with Crippen molar-refractivity contribution in [3.8, 4) is 5.75 Å². The molecule has 4 aromatic rings. The molecular weight excluding hydrogens is 470 g/mol. The van der Waals surface area contributed by atoms with Crippen molar-refractivity contribution in [2.45, 2.75) is 32.9 Å². The lowest BCUT2D eigenvalue weighted by atomic mass is 9.97. The molecule has 4 heterocycles. The number of carboxylic acids is 1. The van der Waals surface area contributed by atoms with Gasteiger partial charge < -0.3 is 20.1 Å². The van der Waals surface area contributed by atoms with E-state index >= 15 is 0 Å². The van der Waals surface area contributed by atoms with E-state index in [1.54, 1.807) is 7.11 Å². The van der Waals surface area contributed by atoms with Crippen LogP contribution in [0.25, 0.3) is 21.8 Å². The number of nitrogens with zero attached hydrogens (tertiary/aromatic N) is 6. The van der Waals surface area contributed by atoms with Crippen LogP contribution in [0.2, 0.25) is 5.02 Å². The molecule has 0 radical (unpaired) electrons. The monoisotopic (exact) mass is 495 g/mol. The van der Waals surface area contributed by atoms with Gasteiger partial charge in [-0.1, -0.05) is 17.7 Å². The van der Waals surface area contributed by atoms with Gasteiger partial charge in [0.15, 0.2) is 17.3 Å². The van der Waals surface area contributed by atoms with Crippen LogP contribution in [0.3, 0.4) is 0 Å². The van der Waals surface area contributed by atoms with Crippen LogP contribution in [-0.2, 0) is 17.9 Å². The third kappa shape index (κ3) is 4.29. The summed E-state index contributed by atoms with van der Waals surface area (Å²) in [5, 5.41) is 29.5. The van der Waals surface area contributed by atoms with Crippen molar-refractivity contribution in [3.05, 3.63) is 41.2 Å². The zero-order valence-electron chi connectivity index (χ0n) is 19.5. The SMILES string of the molecule is CCn1ncc2c3c(NCc4ccc(OC)c(Cl)c4)nnc(N4CCC(C(=O)O)CC4)c3cnc21. The number of piperidine rings is 1. The fraction of sp³-hybridized carbons (Fsp3) is 0.375. The lowest BCUT2D eigenvalue weighted by molar-refractivity contribution is -0.142. The Bertz CT molecular complexity index is 1400. The minimum atomic E-state index is -0.742. The van der Waals surface area contributed by atoms with Gasteiger partial charge in [-0.15, -0.1) is 10.2 Å². The second-order valence-electron chi connectivity index (χ2n) is 8.54. The van der Waals surface area contributed by atoms with Crippen LogP contribution in [0.1, 0.15) is 25.3 Å². The molecule has 0 amide bonds. The molecule has 1 saturated heterocycles. The first-order chi connectivity index (χ1) is 17.0. The Labute approximate surface area is 206 Å². The second kappa shape index (κ2) is 9.53. The smallest absolute Gasteiger partial charge is 0.306 e. The average molecular weight is 496 g/mol. The van der Waals surface area contributed by atoms with Gasteiger partial charge in [0, 0.05) is 43.1 Å². The maximum atomic E-state index is 11.4. The predicted octanol–water partition coefficient (Wildman–Crippen LogP) is 3.97. The number of aryl methyl sites for hydroxylation is 1. The number of ether oxygens (including phenoxy) is 1. The van der Waals surface area contributed by atoms with Gasteiger partial charge in [-0.2, -0.15) is 5.10 Å². The summed E-state index contributed by atoms with van der Waals surface area (Å²) in [4.78, 5) is 18.2. The number of aliphatic carboxylic acids is 1. The molecule has 0 saturated carbocycles. The van der Waals surface area contributed by atoms with Crippen LogP contribution in [0.5, 0.6) is 5.75 Å². The molecule has 3 aromatic heterocycles. The van der Waals surface area contributed by atoms with Gasteiger partial charge in [-0.25, -0.2) is 9.67 Å². The van der Waals surface area contributed by atoms with E-state index in [1.165, 1.54) is 0 Å². The molecule has 1 aliphatic rings. The largest absolute Gasteiger partial charge is 0.495 e. The number of fused-ring (bicyclic) bond motifs is 3. The van der Waals surface area contributed by atoms with Gasteiger partial charge in [-0.05, 0) is 37.5 Å². The number of nitrogens with one attached hydrogen (secondary N) is 1. The highest BCUT2D eigenvalue weighted by atomic mass is 35.5. The van der Waals surface area contributed by atoms with Crippen molar-refractivity contribution in [2.75, 3.05) is 30.4 Å². The van der Waals surface area contributed by atoms with Gasteiger partial charge in [0.1, 0.15) is 5.75 Å². The Morgan fingerprint density at radius 3 is 2.71 bits per heavy atom. The predicted molar refractivity (Wildman–Crippen MR) is 134 cm³/mol. The van der Waals surface area contributed by atoms with E-state index in [-0.39, 0.29) is 5.92 Å². The normalized spacial score (nSPS) is 14.5. The lowest BCUT2D eigenvalue weighted by Crippen LogP contribution is -2.37. The molecule has 5 rings (SSSR count). The van der Waals surface area contributed by atoms with Crippen LogP contribution in [0.15, 0.2) is 30.6 Å². The zero-order valence-corrected chi connectivity index (χ0v) is 20.3. The summed E-state index contributed by atoms with van der Waals surface area (Å²) in [7, 11) is 1.59. The van der Waals surface area contributed by atoms with Crippen molar-refractivity contribution >= 4 is 51.0 Å². The number of methoxy groups -OCH3 is 1. The highest BCUT2D eigenvalue weighted by molar-refractivity contribution is 6.32. The molecule has 2 N–H and O–H groups in total. The van der Waals surface area contributed by atoms with E-state index in [0.29, 0.717) is 61.4 Å². The van der Waals surface area contributed by atoms with Gasteiger partial charge in [0.25, 0.3) is 0 Å². The fourth-order valence-electron chi connectivity index (χ4n) is 4.59. The number of halogens is 1. The summed E-state index contributed by atoms with van der Waals surface area (Å²) in [6.07, 6.45) is 4.76. The Morgan fingerprint density at radius 1 is 1.23 bits per heavy atom. The molecule has 182 valence electrons. The second-order valence-corrected chi connectivity index (χ2v) is 8.95. The van der Waals surface area contributed by atoms with Crippen LogP contribution in [-0.4, -0.2) is 56.2 Å². The number of carboxylic acid groups (broad SMARTS) is 1. The highest BCUT2D eigenvalue weighted by Gasteiger charge is 2.27. The van der Waals surface area contributed by atoms with Crippen molar-refractivity contribution in [1.82, 2.24) is 25.0 Å². The van der Waals surface area contributed by atoms with Crippen LogP contribution < -0.4 is 15.0 Å². The molecule has 35 heavy (non-hydrogen) atoms. The minimum Gasteiger partial charge on any atom is -0.495 e. The summed E-state index contributed by atoms with van der Waals surface area (Å²) < 4.78 is 7.09. The molecule has 1 aromatic carbocycles. The molecule has 11 heteroatoms. The third-order valence-electron chi connectivity index (χ3n) is 6.51. The summed E-state index contributed by atoms with van der Waals surface area (Å²) in [6, 6.07) is 5.64. The molecule has 0 unspecified atom stereocenters. The van der Waals surface area contributed by atoms with Gasteiger partial charge in [-0.3, -0.25) is 4.79 Å². The number of hydrogen-bond donors (Lipinski definition) is 2. The number of benzene rings is 1. The quantitative estimate of drug-likeness (QED) is 0.392. The Morgan fingerprint density at radius 2 is 2.03 bits per heavy atom.